The summed E-state index contributed by atoms with van der Waals surface area (Å²) in [6, 6.07) is 11.7. The first-order valence-electron chi connectivity index (χ1n) is 10.8. The van der Waals surface area contributed by atoms with Crippen molar-refractivity contribution in [1.29, 1.82) is 0 Å². The van der Waals surface area contributed by atoms with Gasteiger partial charge in [0.1, 0.15) is 4.53 Å². The number of allylic oxidation sites excluding steroid dienone is 1. The highest BCUT2D eigenvalue weighted by molar-refractivity contribution is 7.07. The molecule has 1 N–H and O–H groups in total. The summed E-state index contributed by atoms with van der Waals surface area (Å²) in [6.45, 7) is 3.67. The van der Waals surface area contributed by atoms with E-state index in [0.717, 1.165) is 5.69 Å². The number of nitrogens with one attached hydrogen (secondary N) is 1. The van der Waals surface area contributed by atoms with E-state index in [2.05, 4.69) is 10.3 Å². The molecule has 182 valence electrons. The molecule has 8 nitrogen and oxygen atoms in total. The molecule has 1 aliphatic rings. The largest absolute Gasteiger partial charge is 0.493 e. The van der Waals surface area contributed by atoms with E-state index >= 15 is 0 Å². The van der Waals surface area contributed by atoms with Crippen LogP contribution in [0.25, 0.3) is 6.20 Å². The lowest BCUT2D eigenvalue weighted by molar-refractivity contribution is -0.139. The van der Waals surface area contributed by atoms with E-state index in [0.29, 0.717) is 42.7 Å². The lowest BCUT2D eigenvalue weighted by atomic mass is 9.95. The number of nitrogens with zero attached hydrogens (tertiary/aromatic N) is 2. The number of benzene rings is 2. The van der Waals surface area contributed by atoms with Crippen LogP contribution in [0.15, 0.2) is 63.5 Å². The molecule has 0 aliphatic carbocycles. The highest BCUT2D eigenvalue weighted by Gasteiger charge is 2.33. The smallest absolute Gasteiger partial charge is 0.338 e. The maximum absolute atomic E-state index is 13.6. The van der Waals surface area contributed by atoms with Gasteiger partial charge in [-0.1, -0.05) is 29.0 Å². The molecule has 4 rings (SSSR count). The van der Waals surface area contributed by atoms with Crippen molar-refractivity contribution in [2.45, 2.75) is 19.9 Å². The second kappa shape index (κ2) is 10.4. The summed E-state index contributed by atoms with van der Waals surface area (Å²) in [5.74, 6) is 0.491. The Morgan fingerprint density at radius 1 is 1.17 bits per heavy atom. The molecule has 2 heterocycles. The third-order valence-electron chi connectivity index (χ3n) is 5.45. The van der Waals surface area contributed by atoms with Crippen LogP contribution in [0.4, 0.5) is 5.69 Å². The Labute approximate surface area is 210 Å². The zero-order valence-corrected chi connectivity index (χ0v) is 21.2. The molecular weight excluding hydrogens is 490 g/mol. The molecule has 1 aromatic heterocycles. The first kappa shape index (κ1) is 24.6. The number of thiazole rings is 1. The Kier molecular flexibility index (Phi) is 7.28. The van der Waals surface area contributed by atoms with Crippen LogP contribution in [-0.2, 0) is 9.53 Å². The predicted octanol–water partition coefficient (Wildman–Crippen LogP) is 3.49. The van der Waals surface area contributed by atoms with E-state index in [1.165, 1.54) is 23.0 Å². The summed E-state index contributed by atoms with van der Waals surface area (Å²) in [7, 11) is 3.07. The Morgan fingerprint density at radius 2 is 1.89 bits per heavy atom. The fourth-order valence-electron chi connectivity index (χ4n) is 3.82. The van der Waals surface area contributed by atoms with Gasteiger partial charge in [0.05, 0.1) is 38.1 Å². The van der Waals surface area contributed by atoms with Gasteiger partial charge in [-0.05, 0) is 55.8 Å². The summed E-state index contributed by atoms with van der Waals surface area (Å²) >= 11 is 7.18. The zero-order chi connectivity index (χ0) is 25.1. The normalized spacial score (nSPS) is 15.3. The van der Waals surface area contributed by atoms with E-state index in [9.17, 15) is 9.59 Å². The van der Waals surface area contributed by atoms with Crippen LogP contribution in [-0.4, -0.2) is 31.4 Å². The Bertz CT molecular complexity index is 1470. The van der Waals surface area contributed by atoms with Gasteiger partial charge < -0.3 is 19.5 Å². The van der Waals surface area contributed by atoms with Crippen molar-refractivity contribution in [3.8, 4) is 11.5 Å². The van der Waals surface area contributed by atoms with E-state index < -0.39 is 12.0 Å². The fourth-order valence-corrected chi connectivity index (χ4v) is 4.92. The van der Waals surface area contributed by atoms with Crippen molar-refractivity contribution >= 4 is 40.8 Å². The molecule has 0 saturated heterocycles. The van der Waals surface area contributed by atoms with Gasteiger partial charge in [-0.15, -0.1) is 0 Å². The Morgan fingerprint density at radius 3 is 2.54 bits per heavy atom. The standard InChI is InChI=1S/C25H24ClN3O5S/c1-5-34-24(31)21-14(2)28-25-29(22(21)15-6-11-18(32-3)19(12-15)33-4)23(30)20(35-25)13-27-17-9-7-16(26)8-10-17/h6-13,22,27H,5H2,1-4H3/b20-13-/t22-/m0/s1. The van der Waals surface area contributed by atoms with Crippen molar-refractivity contribution in [2.75, 3.05) is 26.1 Å². The van der Waals surface area contributed by atoms with Crippen LogP contribution >= 0.6 is 22.9 Å². The summed E-state index contributed by atoms with van der Waals surface area (Å²) in [6.07, 6.45) is 1.63. The number of carbonyl (C=O) groups is 1. The van der Waals surface area contributed by atoms with Crippen molar-refractivity contribution < 1.29 is 19.0 Å². The number of anilines is 1. The molecule has 0 radical (unpaired) electrons. The van der Waals surface area contributed by atoms with Gasteiger partial charge in [0.15, 0.2) is 16.3 Å². The lowest BCUT2D eigenvalue weighted by Crippen LogP contribution is -2.40. The SMILES string of the molecule is CCOC(=O)C1=C(C)N=c2s/c(=C\Nc3ccc(Cl)cc3)c(=O)n2[C@H]1c1ccc(OC)c(OC)c1. The van der Waals surface area contributed by atoms with Crippen molar-refractivity contribution in [3.63, 3.8) is 0 Å². The molecule has 0 bridgehead atoms. The van der Waals surface area contributed by atoms with Crippen molar-refractivity contribution in [1.82, 2.24) is 4.57 Å². The van der Waals surface area contributed by atoms with Crippen LogP contribution in [0.1, 0.15) is 25.5 Å². The molecule has 0 spiro atoms. The summed E-state index contributed by atoms with van der Waals surface area (Å²) in [5, 5.41) is 3.74. The van der Waals surface area contributed by atoms with E-state index in [1.807, 2.05) is 12.1 Å². The zero-order valence-electron chi connectivity index (χ0n) is 19.6. The topological polar surface area (TPSA) is 91.2 Å². The van der Waals surface area contributed by atoms with E-state index in [-0.39, 0.29) is 12.2 Å². The number of esters is 1. The maximum atomic E-state index is 13.6. The summed E-state index contributed by atoms with van der Waals surface area (Å²) in [4.78, 5) is 31.6. The highest BCUT2D eigenvalue weighted by atomic mass is 35.5. The second-order valence-corrected chi connectivity index (χ2v) is 9.01. The molecule has 0 fully saturated rings. The minimum atomic E-state index is -0.747. The van der Waals surface area contributed by atoms with E-state index in [1.54, 1.807) is 57.5 Å². The monoisotopic (exact) mass is 513 g/mol. The van der Waals surface area contributed by atoms with Gasteiger partial charge in [-0.25, -0.2) is 9.79 Å². The van der Waals surface area contributed by atoms with Crippen LogP contribution in [0.5, 0.6) is 11.5 Å². The first-order valence-corrected chi connectivity index (χ1v) is 12.0. The lowest BCUT2D eigenvalue weighted by Gasteiger charge is -2.25. The number of carbonyl (C=O) groups excluding carboxylic acids is 1. The van der Waals surface area contributed by atoms with Gasteiger partial charge in [0.2, 0.25) is 0 Å². The molecule has 0 saturated carbocycles. The van der Waals surface area contributed by atoms with Crippen LogP contribution in [0.2, 0.25) is 5.02 Å². The van der Waals surface area contributed by atoms with Gasteiger partial charge in [-0.3, -0.25) is 9.36 Å². The summed E-state index contributed by atoms with van der Waals surface area (Å²) < 4.78 is 18.1. The number of ether oxygens (including phenoxy) is 3. The van der Waals surface area contributed by atoms with Crippen LogP contribution in [0.3, 0.4) is 0 Å². The minimum absolute atomic E-state index is 0.198. The Balaban J connectivity index is 1.88. The highest BCUT2D eigenvalue weighted by Crippen LogP contribution is 2.36. The van der Waals surface area contributed by atoms with Gasteiger partial charge in [0.25, 0.3) is 5.56 Å². The average Bonchev–Trinajstić information content (AvgIpc) is 3.17. The molecule has 1 aliphatic heterocycles. The molecule has 2 aromatic carbocycles. The van der Waals surface area contributed by atoms with E-state index in [4.69, 9.17) is 25.8 Å². The van der Waals surface area contributed by atoms with Gasteiger partial charge >= 0.3 is 5.97 Å². The number of rotatable bonds is 7. The number of fused-ring (bicyclic) bond motifs is 1. The van der Waals surface area contributed by atoms with Gasteiger partial charge in [0, 0.05) is 16.9 Å². The molecule has 10 heteroatoms. The first-order chi connectivity index (χ1) is 16.9. The number of aromatic nitrogens is 1. The predicted molar refractivity (Wildman–Crippen MR) is 136 cm³/mol. The van der Waals surface area contributed by atoms with Crippen LogP contribution in [0, 0.1) is 0 Å². The quantitative estimate of drug-likeness (QED) is 0.486. The number of hydrogen-bond donors (Lipinski definition) is 1. The third kappa shape index (κ3) is 4.82. The van der Waals surface area contributed by atoms with Gasteiger partial charge in [-0.2, -0.15) is 0 Å². The summed E-state index contributed by atoms with van der Waals surface area (Å²) in [5.41, 5.74) is 1.94. The maximum Gasteiger partial charge on any atom is 0.338 e. The number of halogens is 1. The van der Waals surface area contributed by atoms with Crippen LogP contribution < -0.4 is 29.7 Å². The molecule has 35 heavy (non-hydrogen) atoms. The minimum Gasteiger partial charge on any atom is -0.493 e. The average molecular weight is 514 g/mol. The molecule has 1 atom stereocenters. The Hall–Kier alpha value is -3.56. The number of methoxy groups -OCH3 is 2. The molecule has 0 unspecified atom stereocenters. The van der Waals surface area contributed by atoms with Crippen molar-refractivity contribution in [3.05, 3.63) is 84.0 Å². The molecule has 0 amide bonds. The second-order valence-electron chi connectivity index (χ2n) is 7.57. The fraction of sp³-hybridized carbons (Fsp3) is 0.240. The molecular formula is C25H24ClN3O5S. The molecule has 3 aromatic rings. The number of hydrogen-bond acceptors (Lipinski definition) is 8. The van der Waals surface area contributed by atoms with Crippen molar-refractivity contribution in [2.24, 2.45) is 4.99 Å². The third-order valence-corrected chi connectivity index (χ3v) is 6.69.